The van der Waals surface area contributed by atoms with E-state index in [1.54, 1.807) is 7.11 Å². The number of nitrogens with zero attached hydrogens (tertiary/aromatic N) is 1. The summed E-state index contributed by atoms with van der Waals surface area (Å²) in [5.41, 5.74) is 7.39. The zero-order valence-corrected chi connectivity index (χ0v) is 10.8. The van der Waals surface area contributed by atoms with Gasteiger partial charge in [0.25, 0.3) is 0 Å². The normalized spacial score (nSPS) is 9.13. The lowest BCUT2D eigenvalue weighted by Gasteiger charge is -2.11. The van der Waals surface area contributed by atoms with E-state index in [-0.39, 0.29) is 24.8 Å². The summed E-state index contributed by atoms with van der Waals surface area (Å²) in [4.78, 5) is 4.41. The fraction of sp³-hybridized carbons (Fsp3) is 0.500. The Morgan fingerprint density at radius 3 is 2.33 bits per heavy atom. The summed E-state index contributed by atoms with van der Waals surface area (Å²) >= 11 is 0. The number of pyridine rings is 1. The molecule has 0 spiro atoms. The number of rotatable bonds is 3. The topological polar surface area (TPSA) is 48.1 Å². The molecule has 88 valence electrons. The fourth-order valence-electron chi connectivity index (χ4n) is 1.20. The number of halogens is 2. The Labute approximate surface area is 103 Å². The van der Waals surface area contributed by atoms with E-state index >= 15 is 0 Å². The largest absolute Gasteiger partial charge is 0.495 e. The van der Waals surface area contributed by atoms with Gasteiger partial charge in [-0.1, -0.05) is 13.8 Å². The molecular weight excluding hydrogens is 235 g/mol. The number of methoxy groups -OCH3 is 1. The molecule has 0 aliphatic carbocycles. The summed E-state index contributed by atoms with van der Waals surface area (Å²) in [6, 6.07) is 3.81. The van der Waals surface area contributed by atoms with Gasteiger partial charge in [-0.3, -0.25) is 4.98 Å². The maximum Gasteiger partial charge on any atom is 0.140 e. The molecule has 0 aliphatic heterocycles. The molecule has 0 aliphatic rings. The van der Waals surface area contributed by atoms with Crippen LogP contribution in [0.15, 0.2) is 12.1 Å². The zero-order chi connectivity index (χ0) is 9.84. The van der Waals surface area contributed by atoms with Crippen LogP contribution in [0, 0.1) is 0 Å². The van der Waals surface area contributed by atoms with Crippen LogP contribution in [-0.4, -0.2) is 12.1 Å². The molecule has 0 radical (unpaired) electrons. The SMILES string of the molecule is COc1ccc(CN)nc1C(C)C.Cl.Cl. The van der Waals surface area contributed by atoms with E-state index in [9.17, 15) is 0 Å². The molecule has 3 nitrogen and oxygen atoms in total. The second-order valence-corrected chi connectivity index (χ2v) is 3.25. The molecule has 0 saturated heterocycles. The molecule has 0 saturated carbocycles. The van der Waals surface area contributed by atoms with Crippen molar-refractivity contribution in [2.45, 2.75) is 26.3 Å². The highest BCUT2D eigenvalue weighted by Gasteiger charge is 2.09. The molecule has 0 fully saturated rings. The molecule has 0 amide bonds. The van der Waals surface area contributed by atoms with Crippen molar-refractivity contribution in [1.29, 1.82) is 0 Å². The van der Waals surface area contributed by atoms with Crippen LogP contribution in [0.3, 0.4) is 0 Å². The van der Waals surface area contributed by atoms with Crippen LogP contribution in [0.1, 0.15) is 31.2 Å². The van der Waals surface area contributed by atoms with Crippen molar-refractivity contribution in [3.63, 3.8) is 0 Å². The minimum absolute atomic E-state index is 0. The molecule has 0 unspecified atom stereocenters. The van der Waals surface area contributed by atoms with Crippen molar-refractivity contribution in [3.05, 3.63) is 23.5 Å². The van der Waals surface area contributed by atoms with Gasteiger partial charge < -0.3 is 10.5 Å². The van der Waals surface area contributed by atoms with Gasteiger partial charge in [0.2, 0.25) is 0 Å². The molecule has 2 N–H and O–H groups in total. The number of hydrogen-bond acceptors (Lipinski definition) is 3. The van der Waals surface area contributed by atoms with Crippen molar-refractivity contribution in [2.24, 2.45) is 5.73 Å². The van der Waals surface area contributed by atoms with Gasteiger partial charge in [0.1, 0.15) is 5.75 Å². The minimum atomic E-state index is 0. The molecule has 5 heteroatoms. The maximum atomic E-state index is 5.51. The highest BCUT2D eigenvalue weighted by molar-refractivity contribution is 5.85. The smallest absolute Gasteiger partial charge is 0.140 e. The van der Waals surface area contributed by atoms with Crippen molar-refractivity contribution in [3.8, 4) is 5.75 Å². The summed E-state index contributed by atoms with van der Waals surface area (Å²) in [6.07, 6.45) is 0. The van der Waals surface area contributed by atoms with Crippen LogP contribution in [0.2, 0.25) is 0 Å². The Balaban J connectivity index is 0. The number of nitrogens with two attached hydrogens (primary N) is 1. The monoisotopic (exact) mass is 252 g/mol. The molecule has 1 heterocycles. The van der Waals surface area contributed by atoms with Gasteiger partial charge in [0, 0.05) is 6.54 Å². The Kier molecular flexibility index (Phi) is 8.72. The Bertz CT molecular complexity index is 293. The van der Waals surface area contributed by atoms with Gasteiger partial charge >= 0.3 is 0 Å². The van der Waals surface area contributed by atoms with Crippen molar-refractivity contribution in [2.75, 3.05) is 7.11 Å². The van der Waals surface area contributed by atoms with Crippen LogP contribution in [0.25, 0.3) is 0 Å². The lowest BCUT2D eigenvalue weighted by atomic mass is 10.1. The van der Waals surface area contributed by atoms with E-state index in [4.69, 9.17) is 10.5 Å². The first-order valence-electron chi connectivity index (χ1n) is 4.43. The van der Waals surface area contributed by atoms with Gasteiger partial charge in [0.05, 0.1) is 18.5 Å². The molecule has 0 bridgehead atoms. The van der Waals surface area contributed by atoms with Crippen LogP contribution in [-0.2, 0) is 6.54 Å². The standard InChI is InChI=1S/C10H16N2O.2ClH/c1-7(2)10-9(13-3)5-4-8(6-11)12-10;;/h4-5,7H,6,11H2,1-3H3;2*1H. The van der Waals surface area contributed by atoms with Gasteiger partial charge in [-0.15, -0.1) is 24.8 Å². The molecule has 0 atom stereocenters. The molecule has 1 aromatic rings. The first-order chi connectivity index (χ1) is 6.19. The fourth-order valence-corrected chi connectivity index (χ4v) is 1.20. The number of ether oxygens (including phenoxy) is 1. The highest BCUT2D eigenvalue weighted by atomic mass is 35.5. The van der Waals surface area contributed by atoms with Gasteiger partial charge in [-0.05, 0) is 18.1 Å². The second-order valence-electron chi connectivity index (χ2n) is 3.25. The van der Waals surface area contributed by atoms with Crippen molar-refractivity contribution < 1.29 is 4.74 Å². The number of aromatic nitrogens is 1. The lowest BCUT2D eigenvalue weighted by Crippen LogP contribution is -2.04. The minimum Gasteiger partial charge on any atom is -0.495 e. The molecule has 15 heavy (non-hydrogen) atoms. The summed E-state index contributed by atoms with van der Waals surface area (Å²) < 4.78 is 5.20. The van der Waals surface area contributed by atoms with Crippen LogP contribution >= 0.6 is 24.8 Å². The summed E-state index contributed by atoms with van der Waals surface area (Å²) in [6.45, 7) is 4.65. The third kappa shape index (κ3) is 4.24. The van der Waals surface area contributed by atoms with Gasteiger partial charge in [-0.2, -0.15) is 0 Å². The lowest BCUT2D eigenvalue weighted by molar-refractivity contribution is 0.403. The van der Waals surface area contributed by atoms with Crippen LogP contribution in [0.5, 0.6) is 5.75 Å². The molecule has 1 aromatic heterocycles. The van der Waals surface area contributed by atoms with E-state index in [0.29, 0.717) is 12.5 Å². The highest BCUT2D eigenvalue weighted by Crippen LogP contribution is 2.23. The van der Waals surface area contributed by atoms with Crippen molar-refractivity contribution in [1.82, 2.24) is 4.98 Å². The maximum absolute atomic E-state index is 5.51. The third-order valence-electron chi connectivity index (χ3n) is 1.92. The molecule has 1 rings (SSSR count). The predicted octanol–water partition coefficient (Wildman–Crippen LogP) is 2.52. The third-order valence-corrected chi connectivity index (χ3v) is 1.92. The second kappa shape index (κ2) is 7.74. The Morgan fingerprint density at radius 2 is 1.93 bits per heavy atom. The van der Waals surface area contributed by atoms with E-state index in [0.717, 1.165) is 17.1 Å². The van der Waals surface area contributed by atoms with Crippen LogP contribution in [0.4, 0.5) is 0 Å². The van der Waals surface area contributed by atoms with Gasteiger partial charge in [-0.25, -0.2) is 0 Å². The summed E-state index contributed by atoms with van der Waals surface area (Å²) in [7, 11) is 1.66. The van der Waals surface area contributed by atoms with E-state index < -0.39 is 0 Å². The van der Waals surface area contributed by atoms with Crippen molar-refractivity contribution >= 4 is 24.8 Å². The summed E-state index contributed by atoms with van der Waals surface area (Å²) in [5.74, 6) is 1.20. The zero-order valence-electron chi connectivity index (χ0n) is 9.19. The Hall–Kier alpha value is -0.510. The molecular formula is C10H18Cl2N2O. The number of hydrogen-bond donors (Lipinski definition) is 1. The van der Waals surface area contributed by atoms with E-state index in [1.165, 1.54) is 0 Å². The first kappa shape index (κ1) is 16.9. The quantitative estimate of drug-likeness (QED) is 0.900. The summed E-state index contributed by atoms with van der Waals surface area (Å²) in [5, 5.41) is 0. The average molecular weight is 253 g/mol. The van der Waals surface area contributed by atoms with Crippen LogP contribution < -0.4 is 10.5 Å². The first-order valence-corrected chi connectivity index (χ1v) is 4.43. The molecule has 0 aromatic carbocycles. The van der Waals surface area contributed by atoms with E-state index in [2.05, 4.69) is 18.8 Å². The average Bonchev–Trinajstić information content (AvgIpc) is 2.16. The van der Waals surface area contributed by atoms with E-state index in [1.807, 2.05) is 12.1 Å². The predicted molar refractivity (Wildman–Crippen MR) is 67.3 cm³/mol. The Morgan fingerprint density at radius 1 is 1.33 bits per heavy atom. The van der Waals surface area contributed by atoms with Gasteiger partial charge in [0.15, 0.2) is 0 Å².